The summed E-state index contributed by atoms with van der Waals surface area (Å²) in [7, 11) is -3.37. The molecule has 0 aliphatic heterocycles. The summed E-state index contributed by atoms with van der Waals surface area (Å²) in [6.45, 7) is 9.85. The minimum Gasteiger partial charge on any atom is -1.00 e. The molecule has 0 aliphatic rings. The molecule has 326 valence electrons. The van der Waals surface area contributed by atoms with Crippen LogP contribution < -0.4 is 75.1 Å². The Morgan fingerprint density at radius 1 is 0.918 bits per heavy atom. The summed E-state index contributed by atoms with van der Waals surface area (Å²) in [5.74, 6) is -0.487. The van der Waals surface area contributed by atoms with Crippen LogP contribution in [0.25, 0.3) is 0 Å². The number of ether oxygens (including phenoxy) is 2. The molecule has 0 saturated heterocycles. The van der Waals surface area contributed by atoms with Gasteiger partial charge in [-0.25, -0.2) is 19.1 Å². The molecule has 1 unspecified atom stereocenters. The third-order valence-electron chi connectivity index (χ3n) is 9.21. The van der Waals surface area contributed by atoms with Crippen molar-refractivity contribution in [3.8, 4) is 0 Å². The van der Waals surface area contributed by atoms with Crippen LogP contribution in [-0.2, 0) is 49.4 Å². The Hall–Kier alpha value is -2.22. The van der Waals surface area contributed by atoms with Crippen LogP contribution >= 0.6 is 30.5 Å². The summed E-state index contributed by atoms with van der Waals surface area (Å²) in [6, 6.07) is 16.0. The number of hydrogen-bond acceptors (Lipinski definition) is 11. The Morgan fingerprint density at radius 2 is 1.56 bits per heavy atom. The number of urea groups is 1. The Morgan fingerprint density at radius 3 is 2.10 bits per heavy atom. The van der Waals surface area contributed by atoms with Crippen molar-refractivity contribution >= 4 is 48.5 Å². The molecule has 0 bridgehead atoms. The summed E-state index contributed by atoms with van der Waals surface area (Å²) in [5, 5.41) is 11.9. The summed E-state index contributed by atoms with van der Waals surface area (Å²) >= 11 is 2.88. The molecular weight excluding hydrogens is 862 g/mol. The zero-order valence-electron chi connectivity index (χ0n) is 38.4. The standard InChI is InChI=1S/C41H57N6O9PS2.2Na.2H/c1-7-14-36(56-57(51,52)53)55-35(34(20-30-17-12-9-13-18-30)45-41(50)54-24-33-22-42-26-59-33)21-31(19-29-15-10-8-11-16-29)43-38(48)37(27(2)3)46-40(49)47(6)23-32-25-58-39(44-32)28(4)5;;;;/h8-13,15-18,22,25-28,31,34-37H,7,14,19-21,23-24H2,1-6H3,(H,43,48)(H,45,50)(H,46,49)(H2,51,52,53);;;;/q;2*+1;2*-1/t31-,34-,35-,36?,37-;;;;/m0..../s1. The molecule has 2 aromatic heterocycles. The van der Waals surface area contributed by atoms with E-state index >= 15 is 0 Å². The summed E-state index contributed by atoms with van der Waals surface area (Å²) in [5.41, 5.74) is 4.11. The van der Waals surface area contributed by atoms with Crippen LogP contribution in [0.3, 0.4) is 0 Å². The fourth-order valence-electron chi connectivity index (χ4n) is 6.25. The molecule has 61 heavy (non-hydrogen) atoms. The van der Waals surface area contributed by atoms with E-state index in [9.17, 15) is 28.7 Å². The predicted molar refractivity (Wildman–Crippen MR) is 230 cm³/mol. The van der Waals surface area contributed by atoms with Gasteiger partial charge >= 0.3 is 79.1 Å². The SMILES string of the molecule is CCCC(O[C@@H](C[C@H](Cc1ccccc1)NC(=O)[C@@H](NC(=O)N(C)Cc1csc(C(C)C)n1)C(C)C)[C@H](Cc1ccccc1)NC(=O)OCc1cncs1)OP(=O)(O)O.[H-].[H-].[Na+].[Na+]. The molecule has 5 N–H and O–H groups in total. The van der Waals surface area contributed by atoms with Gasteiger partial charge in [-0.15, -0.1) is 22.7 Å². The number of phosphoric ester groups is 1. The molecule has 0 aliphatic carbocycles. The van der Waals surface area contributed by atoms with Gasteiger partial charge in [-0.2, -0.15) is 0 Å². The van der Waals surface area contributed by atoms with Crippen LogP contribution in [0.15, 0.2) is 77.8 Å². The number of alkyl carbamates (subject to hydrolysis) is 1. The van der Waals surface area contributed by atoms with Crippen molar-refractivity contribution in [1.82, 2.24) is 30.8 Å². The van der Waals surface area contributed by atoms with Crippen molar-refractivity contribution in [1.29, 1.82) is 0 Å². The summed E-state index contributed by atoms with van der Waals surface area (Å²) in [6.07, 6.45) is -0.306. The summed E-state index contributed by atoms with van der Waals surface area (Å²) in [4.78, 5) is 71.8. The molecule has 4 rings (SSSR count). The first kappa shape index (κ1) is 54.9. The maximum atomic E-state index is 14.3. The molecule has 0 spiro atoms. The Bertz CT molecular complexity index is 1940. The molecular formula is C41H59N6Na2O9PS2. The molecule has 15 nitrogen and oxygen atoms in total. The largest absolute Gasteiger partial charge is 1.00 e. The van der Waals surface area contributed by atoms with Gasteiger partial charge in [0.1, 0.15) is 12.6 Å². The number of phosphoric acid groups is 1. The van der Waals surface area contributed by atoms with Crippen molar-refractivity contribution in [2.75, 3.05) is 7.05 Å². The van der Waals surface area contributed by atoms with E-state index in [-0.39, 0.29) is 106 Å². The third kappa shape index (κ3) is 20.0. The van der Waals surface area contributed by atoms with E-state index in [1.807, 2.05) is 86.8 Å². The van der Waals surface area contributed by atoms with E-state index < -0.39 is 56.4 Å². The van der Waals surface area contributed by atoms with Crippen molar-refractivity contribution in [3.63, 3.8) is 0 Å². The second-order valence-corrected chi connectivity index (χ2v) is 18.0. The van der Waals surface area contributed by atoms with Gasteiger partial charge in [0.05, 0.1) is 39.8 Å². The van der Waals surface area contributed by atoms with Crippen LogP contribution in [0.1, 0.15) is 89.4 Å². The second-order valence-electron chi connectivity index (χ2n) is 15.0. The van der Waals surface area contributed by atoms with Gasteiger partial charge in [-0.1, -0.05) is 102 Å². The van der Waals surface area contributed by atoms with E-state index in [0.29, 0.717) is 12.8 Å². The molecule has 2 aromatic carbocycles. The van der Waals surface area contributed by atoms with Gasteiger partial charge in [-0.05, 0) is 42.7 Å². The van der Waals surface area contributed by atoms with Crippen LogP contribution in [0.5, 0.6) is 0 Å². The first-order valence-electron chi connectivity index (χ1n) is 19.6. The Balaban J connectivity index is 0.00000961. The van der Waals surface area contributed by atoms with E-state index in [0.717, 1.165) is 26.7 Å². The van der Waals surface area contributed by atoms with Crippen LogP contribution in [0.4, 0.5) is 9.59 Å². The number of rotatable bonds is 23. The number of amides is 4. The number of thiazole rings is 2. The number of hydrogen-bond donors (Lipinski definition) is 5. The maximum absolute atomic E-state index is 14.3. The van der Waals surface area contributed by atoms with Gasteiger partial charge in [0, 0.05) is 30.6 Å². The van der Waals surface area contributed by atoms with Gasteiger partial charge in [0.15, 0.2) is 6.29 Å². The van der Waals surface area contributed by atoms with E-state index in [2.05, 4.69) is 39.8 Å². The molecule has 2 heterocycles. The molecule has 4 amide bonds. The predicted octanol–water partition coefficient (Wildman–Crippen LogP) is 1.40. The molecule has 5 atom stereocenters. The van der Waals surface area contributed by atoms with Crippen LogP contribution in [0.2, 0.25) is 0 Å². The molecule has 0 saturated carbocycles. The van der Waals surface area contributed by atoms with E-state index in [1.54, 1.807) is 30.1 Å². The Kier molecular flexibility index (Phi) is 25.1. The molecule has 0 fully saturated rings. The smallest absolute Gasteiger partial charge is 1.00 e. The molecule has 20 heteroatoms. The summed E-state index contributed by atoms with van der Waals surface area (Å²) < 4.78 is 29.3. The number of nitrogens with one attached hydrogen (secondary N) is 3. The van der Waals surface area contributed by atoms with Crippen molar-refractivity contribution in [2.45, 2.75) is 116 Å². The van der Waals surface area contributed by atoms with Gasteiger partial charge in [0.2, 0.25) is 5.91 Å². The Labute approximate surface area is 414 Å². The zero-order chi connectivity index (χ0) is 43.0. The quantitative estimate of drug-likeness (QED) is 0.0410. The molecule has 4 aromatic rings. The number of aromatic nitrogens is 2. The topological polar surface area (TPSA) is 202 Å². The van der Waals surface area contributed by atoms with Crippen molar-refractivity contribution < 1.29 is 105 Å². The number of nitrogens with zero attached hydrogens (tertiary/aromatic N) is 3. The van der Waals surface area contributed by atoms with Crippen molar-refractivity contribution in [2.24, 2.45) is 5.92 Å². The number of carbonyl (C=O) groups is 3. The number of carbonyl (C=O) groups excluding carboxylic acids is 3. The average molecular weight is 921 g/mol. The molecule has 0 radical (unpaired) electrons. The fourth-order valence-corrected chi connectivity index (χ4v) is 8.04. The van der Waals surface area contributed by atoms with Crippen LogP contribution in [-0.4, -0.2) is 80.3 Å². The first-order chi connectivity index (χ1) is 28.1. The fraction of sp³-hybridized carbons (Fsp3) is 0.488. The number of benzene rings is 2. The first-order valence-corrected chi connectivity index (χ1v) is 22.9. The minimum atomic E-state index is -5.01. The van der Waals surface area contributed by atoms with Crippen molar-refractivity contribution in [3.05, 3.63) is 104 Å². The maximum Gasteiger partial charge on any atom is 1.00 e. The third-order valence-corrected chi connectivity index (χ3v) is 11.7. The normalized spacial score (nSPS) is 13.8. The zero-order valence-corrected chi connectivity index (χ0v) is 42.9. The second kappa shape index (κ2) is 27.9. The van der Waals surface area contributed by atoms with Gasteiger partial charge in [-0.3, -0.25) is 14.3 Å². The van der Waals surface area contributed by atoms with E-state index in [4.69, 9.17) is 14.0 Å². The van der Waals surface area contributed by atoms with Crippen LogP contribution in [0, 0.1) is 5.92 Å². The van der Waals surface area contributed by atoms with E-state index in [1.165, 1.54) is 16.2 Å². The average Bonchev–Trinajstić information content (AvgIpc) is 3.89. The minimum absolute atomic E-state index is 0. The van der Waals surface area contributed by atoms with Gasteiger partial charge < -0.3 is 43.0 Å². The monoisotopic (exact) mass is 920 g/mol. The van der Waals surface area contributed by atoms with Gasteiger partial charge in [0.25, 0.3) is 0 Å².